The van der Waals surface area contributed by atoms with Gasteiger partial charge in [0.15, 0.2) is 0 Å². The number of hydrogen-bond donors (Lipinski definition) is 0. The normalized spacial score (nSPS) is 10.4. The molecule has 0 aromatic rings. The Labute approximate surface area is 86.4 Å². The van der Waals surface area contributed by atoms with Crippen LogP contribution in [0, 0.1) is 11.5 Å². The van der Waals surface area contributed by atoms with Crippen LogP contribution in [0.3, 0.4) is 0 Å². The summed E-state index contributed by atoms with van der Waals surface area (Å²) in [4.78, 5) is 0. The summed E-state index contributed by atoms with van der Waals surface area (Å²) in [6, 6.07) is 0. The second kappa shape index (κ2) is 5.97. The van der Waals surface area contributed by atoms with E-state index in [0.717, 1.165) is 12.8 Å². The zero-order chi connectivity index (χ0) is 11.2. The van der Waals surface area contributed by atoms with Crippen molar-refractivity contribution in [3.8, 4) is 11.5 Å². The average molecular weight is 216 g/mol. The van der Waals surface area contributed by atoms with Crippen LogP contribution in [0.1, 0.15) is 26.2 Å². The summed E-state index contributed by atoms with van der Waals surface area (Å²) >= 11 is 0. The van der Waals surface area contributed by atoms with E-state index in [2.05, 4.69) is 11.5 Å². The zero-order valence-electron chi connectivity index (χ0n) is 9.38. The van der Waals surface area contributed by atoms with Crippen LogP contribution in [0.25, 0.3) is 0 Å². The maximum atomic E-state index is 12.4. The smallest absolute Gasteiger partial charge is 0.172 e. The molecule has 0 aliphatic heterocycles. The molecule has 0 atom stereocenters. The molecular weight excluding hydrogens is 198 g/mol. The van der Waals surface area contributed by atoms with E-state index in [1.54, 1.807) is 0 Å². The fraction of sp³-hybridized carbons (Fsp3) is 0.636. The molecule has 0 fully saturated rings. The molecule has 0 spiro atoms. The Hall–Kier alpha value is -0.623. The van der Waals surface area contributed by atoms with Crippen molar-refractivity contribution in [1.82, 2.24) is 0 Å². The number of hydrogen-bond acceptors (Lipinski definition) is 0. The highest BCUT2D eigenvalue weighted by Crippen LogP contribution is 2.14. The Morgan fingerprint density at radius 1 is 1.21 bits per heavy atom. The molecule has 0 saturated heterocycles. The minimum absolute atomic E-state index is 0.0364. The number of unbranched alkanes of at least 4 members (excludes halogenated alkanes) is 1. The first-order chi connectivity index (χ1) is 6.37. The van der Waals surface area contributed by atoms with Crippen LogP contribution in [0.15, 0.2) is 11.7 Å². The van der Waals surface area contributed by atoms with Crippen molar-refractivity contribution in [2.24, 2.45) is 0 Å². The van der Waals surface area contributed by atoms with E-state index < -0.39 is 14.2 Å². The van der Waals surface area contributed by atoms with Gasteiger partial charge in [-0.05, 0) is 12.8 Å². The van der Waals surface area contributed by atoms with Gasteiger partial charge in [0.1, 0.15) is 8.07 Å². The molecule has 0 aliphatic rings. The Kier molecular flexibility index (Phi) is 5.71. The molecule has 14 heavy (non-hydrogen) atoms. The molecule has 0 rings (SSSR count). The Bertz CT molecular complexity index is 259. The van der Waals surface area contributed by atoms with Crippen molar-refractivity contribution in [1.29, 1.82) is 0 Å². The van der Waals surface area contributed by atoms with E-state index in [-0.39, 0.29) is 5.57 Å². The Balaban J connectivity index is 4.54. The van der Waals surface area contributed by atoms with Crippen LogP contribution in [0.5, 0.6) is 0 Å². The van der Waals surface area contributed by atoms with Gasteiger partial charge < -0.3 is 0 Å². The highest BCUT2D eigenvalue weighted by molar-refractivity contribution is 6.83. The van der Waals surface area contributed by atoms with E-state index in [1.165, 1.54) is 0 Å². The molecule has 0 saturated carbocycles. The van der Waals surface area contributed by atoms with Crippen molar-refractivity contribution >= 4 is 8.07 Å². The molecule has 0 radical (unpaired) electrons. The van der Waals surface area contributed by atoms with Crippen LogP contribution in [0.4, 0.5) is 8.78 Å². The number of allylic oxidation sites excluding steroid dienone is 1. The molecule has 0 amide bonds. The lowest BCUT2D eigenvalue weighted by atomic mass is 10.1. The molecule has 3 heteroatoms. The summed E-state index contributed by atoms with van der Waals surface area (Å²) < 4.78 is 24.8. The third kappa shape index (κ3) is 6.85. The first-order valence-electron chi connectivity index (χ1n) is 4.94. The van der Waals surface area contributed by atoms with Gasteiger partial charge in [0, 0.05) is 0 Å². The van der Waals surface area contributed by atoms with Gasteiger partial charge in [-0.3, -0.25) is 0 Å². The van der Waals surface area contributed by atoms with Gasteiger partial charge in [0.2, 0.25) is 0 Å². The minimum Gasteiger partial charge on any atom is -0.172 e. The largest absolute Gasteiger partial charge is 0.281 e. The average Bonchev–Trinajstić information content (AvgIpc) is 2.01. The van der Waals surface area contributed by atoms with Crippen LogP contribution in [-0.4, -0.2) is 8.07 Å². The zero-order valence-corrected chi connectivity index (χ0v) is 10.4. The monoisotopic (exact) mass is 216 g/mol. The topological polar surface area (TPSA) is 0 Å². The van der Waals surface area contributed by atoms with Crippen molar-refractivity contribution < 1.29 is 8.78 Å². The molecule has 80 valence electrons. The quantitative estimate of drug-likeness (QED) is 0.490. The second-order valence-electron chi connectivity index (χ2n) is 4.34. The molecule has 0 N–H and O–H groups in total. The van der Waals surface area contributed by atoms with Crippen molar-refractivity contribution in [3.63, 3.8) is 0 Å². The third-order valence-corrected chi connectivity index (χ3v) is 2.47. The molecule has 0 aliphatic carbocycles. The van der Waals surface area contributed by atoms with Gasteiger partial charge >= 0.3 is 0 Å². The summed E-state index contributed by atoms with van der Waals surface area (Å²) in [6.07, 6.45) is 0.513. The highest BCUT2D eigenvalue weighted by atomic mass is 28.3. The van der Waals surface area contributed by atoms with Gasteiger partial charge in [0.25, 0.3) is 6.08 Å². The van der Waals surface area contributed by atoms with E-state index in [4.69, 9.17) is 0 Å². The molecular formula is C11H18F2Si. The van der Waals surface area contributed by atoms with E-state index >= 15 is 0 Å². The maximum Gasteiger partial charge on any atom is 0.281 e. The van der Waals surface area contributed by atoms with Gasteiger partial charge in [0.05, 0.1) is 5.57 Å². The predicted octanol–water partition coefficient (Wildman–Crippen LogP) is 4.21. The van der Waals surface area contributed by atoms with Crippen molar-refractivity contribution in [3.05, 3.63) is 11.7 Å². The van der Waals surface area contributed by atoms with Crippen LogP contribution in [0.2, 0.25) is 19.6 Å². The van der Waals surface area contributed by atoms with Crippen molar-refractivity contribution in [2.75, 3.05) is 0 Å². The number of halogens is 2. The summed E-state index contributed by atoms with van der Waals surface area (Å²) in [5.74, 6) is 2.64. The van der Waals surface area contributed by atoms with Gasteiger partial charge in [-0.2, -0.15) is 8.78 Å². The number of rotatable bonds is 3. The van der Waals surface area contributed by atoms with Crippen LogP contribution < -0.4 is 0 Å². The van der Waals surface area contributed by atoms with Gasteiger partial charge in [-0.25, -0.2) is 0 Å². The lowest BCUT2D eigenvalue weighted by molar-refractivity contribution is 0.411. The minimum atomic E-state index is -1.61. The highest BCUT2D eigenvalue weighted by Gasteiger charge is 2.09. The first-order valence-corrected chi connectivity index (χ1v) is 8.44. The second-order valence-corrected chi connectivity index (χ2v) is 9.09. The molecule has 0 nitrogen and oxygen atoms in total. The molecule has 0 heterocycles. The molecule has 0 unspecified atom stereocenters. The van der Waals surface area contributed by atoms with E-state index in [9.17, 15) is 8.78 Å². The van der Waals surface area contributed by atoms with E-state index in [1.807, 2.05) is 26.6 Å². The standard InChI is InChI=1S/C11H18F2Si/c1-5-6-7-10(11(12)13)8-9-14(2,3)4/h5-7H2,1-4H3. The van der Waals surface area contributed by atoms with Crippen LogP contribution >= 0.6 is 0 Å². The summed E-state index contributed by atoms with van der Waals surface area (Å²) in [5, 5.41) is 0. The SMILES string of the molecule is CCCCC(C#C[Si](C)(C)C)=C(F)F. The first kappa shape index (κ1) is 13.4. The fourth-order valence-corrected chi connectivity index (χ4v) is 1.35. The van der Waals surface area contributed by atoms with Gasteiger partial charge in [-0.1, -0.05) is 38.9 Å². The fourth-order valence-electron chi connectivity index (χ4n) is 0.821. The maximum absolute atomic E-state index is 12.4. The third-order valence-electron chi connectivity index (χ3n) is 1.60. The molecule has 0 bridgehead atoms. The lowest BCUT2D eigenvalue weighted by Crippen LogP contribution is -2.16. The Morgan fingerprint density at radius 3 is 2.14 bits per heavy atom. The summed E-state index contributed by atoms with van der Waals surface area (Å²) in [6.45, 7) is 8.13. The van der Waals surface area contributed by atoms with Crippen LogP contribution in [-0.2, 0) is 0 Å². The lowest BCUT2D eigenvalue weighted by Gasteiger charge is -2.04. The predicted molar refractivity (Wildman–Crippen MR) is 59.9 cm³/mol. The summed E-state index contributed by atoms with van der Waals surface area (Å²) in [7, 11) is -1.53. The molecule has 0 aromatic carbocycles. The van der Waals surface area contributed by atoms with Gasteiger partial charge in [-0.15, -0.1) is 5.54 Å². The summed E-state index contributed by atoms with van der Waals surface area (Å²) in [5.41, 5.74) is 3.00. The van der Waals surface area contributed by atoms with E-state index in [0.29, 0.717) is 6.42 Å². The Morgan fingerprint density at radius 2 is 1.79 bits per heavy atom. The van der Waals surface area contributed by atoms with Crippen molar-refractivity contribution in [2.45, 2.75) is 45.8 Å². The molecule has 0 aromatic heterocycles.